The monoisotopic (exact) mass is 783 g/mol. The van der Waals surface area contributed by atoms with E-state index in [0.717, 1.165) is 88.8 Å². The Hall–Kier alpha value is -7.38. The fraction of sp³-hybridized carbons (Fsp3) is 0.0943. The average Bonchev–Trinajstić information content (AvgIpc) is 3.96. The number of hydrogen-bond donors (Lipinski definition) is 1. The molecule has 60 heavy (non-hydrogen) atoms. The normalized spacial score (nSPS) is 12.4. The Kier molecular flexibility index (Phi) is 7.94. The Morgan fingerprint density at radius 2 is 1.25 bits per heavy atom. The Bertz CT molecular complexity index is 3440. The number of rotatable bonds is 6. The second kappa shape index (κ2) is 13.3. The average molecular weight is 784 g/mol. The lowest BCUT2D eigenvalue weighted by atomic mass is 9.88. The summed E-state index contributed by atoms with van der Waals surface area (Å²) in [5.41, 5.74) is 10.4. The molecule has 11 aromatic rings. The minimum absolute atomic E-state index is 0.0434. The molecule has 290 valence electrons. The van der Waals surface area contributed by atoms with Gasteiger partial charge in [-0.05, 0) is 77.2 Å². The van der Waals surface area contributed by atoms with Gasteiger partial charge < -0.3 is 4.98 Å². The van der Waals surface area contributed by atoms with Crippen LogP contribution in [0.15, 0.2) is 176 Å². The SMILES string of the molecule is CC(C)(C)c1ccnc(-n2c3ccc(C(F)(F)c4ccccc4)cc3c3ccc(-c4cccc5c4nc(-c4cccc6c4[nH]c4ccccc46)n5-c4ccccc4)cc32)c1. The third-order valence-corrected chi connectivity index (χ3v) is 11.9. The summed E-state index contributed by atoms with van der Waals surface area (Å²) in [7, 11) is 0. The number of H-pyrrole nitrogens is 1. The van der Waals surface area contributed by atoms with E-state index in [9.17, 15) is 0 Å². The first-order valence-corrected chi connectivity index (χ1v) is 20.2. The Balaban J connectivity index is 1.16. The van der Waals surface area contributed by atoms with Crippen molar-refractivity contribution >= 4 is 54.6 Å². The van der Waals surface area contributed by atoms with Gasteiger partial charge in [0, 0.05) is 61.2 Å². The van der Waals surface area contributed by atoms with Crippen molar-refractivity contribution in [3.05, 3.63) is 193 Å². The van der Waals surface area contributed by atoms with Gasteiger partial charge in [-0.25, -0.2) is 9.97 Å². The molecule has 4 aromatic heterocycles. The topological polar surface area (TPSA) is 51.4 Å². The quantitative estimate of drug-likeness (QED) is 0.183. The smallest absolute Gasteiger partial charge is 0.298 e. The highest BCUT2D eigenvalue weighted by atomic mass is 19.3. The molecular weight excluding hydrogens is 745 g/mol. The molecule has 0 bridgehead atoms. The molecule has 0 spiro atoms. The lowest BCUT2D eigenvalue weighted by Gasteiger charge is -2.20. The van der Waals surface area contributed by atoms with Crippen molar-refractivity contribution in [2.45, 2.75) is 32.1 Å². The van der Waals surface area contributed by atoms with Crippen LogP contribution in [0.1, 0.15) is 37.5 Å². The standard InChI is InChI=1S/C53H39F2N5/c1-52(2,3)35-28-29-56-48(32-35)60-45-27-25-36(53(54,55)34-14-6-4-7-15-34)31-43(45)40-26-24-33(30-47(40)60)38-19-13-23-46-50(38)58-51(59(46)37-16-8-5-9-17-37)42-21-12-20-41-39-18-10-11-22-44(39)57-49(41)42/h4-32,57H,1-3H3. The van der Waals surface area contributed by atoms with Crippen LogP contribution in [0.4, 0.5) is 8.78 Å². The molecule has 0 amide bonds. The first-order valence-electron chi connectivity index (χ1n) is 20.2. The van der Waals surface area contributed by atoms with Crippen molar-refractivity contribution in [3.63, 3.8) is 0 Å². The summed E-state index contributed by atoms with van der Waals surface area (Å²) in [5, 5.41) is 3.89. The van der Waals surface area contributed by atoms with E-state index in [-0.39, 0.29) is 16.5 Å². The number of pyridine rings is 1. The molecule has 0 atom stereocenters. The molecule has 0 aliphatic rings. The van der Waals surface area contributed by atoms with Crippen LogP contribution in [0, 0.1) is 0 Å². The molecule has 0 fully saturated rings. The molecule has 0 radical (unpaired) electrons. The van der Waals surface area contributed by atoms with Crippen LogP contribution in [0.2, 0.25) is 0 Å². The zero-order chi connectivity index (χ0) is 40.8. The van der Waals surface area contributed by atoms with E-state index in [1.165, 1.54) is 17.5 Å². The molecule has 0 aliphatic carbocycles. The number of para-hydroxylation sites is 4. The van der Waals surface area contributed by atoms with E-state index in [4.69, 9.17) is 9.97 Å². The summed E-state index contributed by atoms with van der Waals surface area (Å²) < 4.78 is 36.7. The minimum atomic E-state index is -3.18. The van der Waals surface area contributed by atoms with Gasteiger partial charge in [0.2, 0.25) is 0 Å². The summed E-state index contributed by atoms with van der Waals surface area (Å²) in [6.45, 7) is 6.53. The molecule has 0 saturated carbocycles. The number of nitrogens with zero attached hydrogens (tertiary/aromatic N) is 4. The maximum atomic E-state index is 16.2. The predicted molar refractivity (Wildman–Crippen MR) is 242 cm³/mol. The summed E-state index contributed by atoms with van der Waals surface area (Å²) in [6, 6.07) is 54.9. The fourth-order valence-electron chi connectivity index (χ4n) is 8.86. The van der Waals surface area contributed by atoms with Crippen molar-refractivity contribution in [1.82, 2.24) is 24.1 Å². The van der Waals surface area contributed by atoms with E-state index < -0.39 is 5.92 Å². The van der Waals surface area contributed by atoms with Gasteiger partial charge in [-0.2, -0.15) is 8.78 Å². The highest BCUT2D eigenvalue weighted by molar-refractivity contribution is 6.13. The van der Waals surface area contributed by atoms with Gasteiger partial charge in [0.25, 0.3) is 5.92 Å². The molecule has 7 aromatic carbocycles. The van der Waals surface area contributed by atoms with Crippen LogP contribution >= 0.6 is 0 Å². The number of aromatic amines is 1. The summed E-state index contributed by atoms with van der Waals surface area (Å²) in [4.78, 5) is 14.1. The van der Waals surface area contributed by atoms with Crippen LogP contribution in [0.5, 0.6) is 0 Å². The Labute approximate surface area is 345 Å². The van der Waals surface area contributed by atoms with Crippen molar-refractivity contribution in [2.75, 3.05) is 0 Å². The van der Waals surface area contributed by atoms with Crippen LogP contribution in [-0.4, -0.2) is 24.1 Å². The number of aromatic nitrogens is 5. The second-order valence-corrected chi connectivity index (χ2v) is 16.6. The molecular formula is C53H39F2N5. The molecule has 5 nitrogen and oxygen atoms in total. The molecule has 4 heterocycles. The summed E-state index contributed by atoms with van der Waals surface area (Å²) in [6.07, 6.45) is 1.83. The van der Waals surface area contributed by atoms with Crippen molar-refractivity contribution in [2.24, 2.45) is 0 Å². The number of fused-ring (bicyclic) bond motifs is 7. The fourth-order valence-corrected chi connectivity index (χ4v) is 8.86. The highest BCUT2D eigenvalue weighted by Crippen LogP contribution is 2.43. The van der Waals surface area contributed by atoms with E-state index in [1.807, 2.05) is 24.4 Å². The van der Waals surface area contributed by atoms with Crippen LogP contribution in [0.25, 0.3) is 88.7 Å². The minimum Gasteiger partial charge on any atom is -0.354 e. The number of imidazole rings is 1. The zero-order valence-electron chi connectivity index (χ0n) is 33.3. The Morgan fingerprint density at radius 1 is 0.517 bits per heavy atom. The van der Waals surface area contributed by atoms with Crippen LogP contribution < -0.4 is 0 Å². The van der Waals surface area contributed by atoms with Gasteiger partial charge in [-0.15, -0.1) is 0 Å². The van der Waals surface area contributed by atoms with E-state index in [1.54, 1.807) is 30.3 Å². The van der Waals surface area contributed by atoms with Crippen molar-refractivity contribution < 1.29 is 8.78 Å². The molecule has 0 unspecified atom stereocenters. The lowest BCUT2D eigenvalue weighted by molar-refractivity contribution is 0.0430. The van der Waals surface area contributed by atoms with Crippen molar-refractivity contribution in [1.29, 1.82) is 0 Å². The highest BCUT2D eigenvalue weighted by Gasteiger charge is 2.34. The maximum Gasteiger partial charge on any atom is 0.298 e. The third kappa shape index (κ3) is 5.57. The summed E-state index contributed by atoms with van der Waals surface area (Å²) in [5.74, 6) is -1.63. The number of benzene rings is 7. The number of nitrogens with one attached hydrogen (secondary N) is 1. The van der Waals surface area contributed by atoms with E-state index >= 15 is 8.78 Å². The maximum absolute atomic E-state index is 16.2. The largest absolute Gasteiger partial charge is 0.354 e. The van der Waals surface area contributed by atoms with E-state index in [2.05, 4.69) is 144 Å². The number of hydrogen-bond acceptors (Lipinski definition) is 2. The van der Waals surface area contributed by atoms with Gasteiger partial charge in [0.15, 0.2) is 0 Å². The zero-order valence-corrected chi connectivity index (χ0v) is 33.3. The summed E-state index contributed by atoms with van der Waals surface area (Å²) >= 11 is 0. The second-order valence-electron chi connectivity index (χ2n) is 16.6. The van der Waals surface area contributed by atoms with Gasteiger partial charge in [-0.3, -0.25) is 9.13 Å². The molecule has 0 aliphatic heterocycles. The van der Waals surface area contributed by atoms with Crippen molar-refractivity contribution in [3.8, 4) is 34.0 Å². The first kappa shape index (κ1) is 35.8. The van der Waals surface area contributed by atoms with E-state index in [0.29, 0.717) is 0 Å². The molecule has 1 N–H and O–H groups in total. The lowest BCUT2D eigenvalue weighted by Crippen LogP contribution is -2.15. The molecule has 0 saturated heterocycles. The van der Waals surface area contributed by atoms with Gasteiger partial charge in [0.1, 0.15) is 11.6 Å². The first-order chi connectivity index (χ1) is 29.1. The van der Waals surface area contributed by atoms with Gasteiger partial charge in [-0.1, -0.05) is 130 Å². The van der Waals surface area contributed by atoms with Crippen LogP contribution in [0.3, 0.4) is 0 Å². The van der Waals surface area contributed by atoms with Gasteiger partial charge in [0.05, 0.1) is 27.6 Å². The third-order valence-electron chi connectivity index (χ3n) is 11.9. The predicted octanol–water partition coefficient (Wildman–Crippen LogP) is 13.9. The Morgan fingerprint density at radius 3 is 2.07 bits per heavy atom. The molecule has 11 rings (SSSR count). The molecule has 7 heteroatoms. The number of alkyl halides is 2. The van der Waals surface area contributed by atoms with Crippen LogP contribution in [-0.2, 0) is 11.3 Å². The van der Waals surface area contributed by atoms with Gasteiger partial charge >= 0.3 is 0 Å². The number of halogens is 2.